The molecular weight excluding hydrogens is 140 g/mol. The highest BCUT2D eigenvalue weighted by Crippen LogP contribution is 2.08. The standard InChI is InChI=1S/C8H15N2O/c1-6(2)8-9-5-10(11-8)7(3)4/h5-7H,1-4H3/q+1. The average molecular weight is 155 g/mol. The highest BCUT2D eigenvalue weighted by Gasteiger charge is 2.16. The smallest absolute Gasteiger partial charge is 0.258 e. The molecule has 0 spiro atoms. The molecule has 0 saturated heterocycles. The SMILES string of the molecule is CC(C)c1nc[n+](C(C)C)o1. The molecule has 0 aliphatic heterocycles. The molecule has 0 unspecified atom stereocenters. The second-order valence-electron chi connectivity index (χ2n) is 3.28. The van der Waals surface area contributed by atoms with Crippen LogP contribution in [0.2, 0.25) is 0 Å². The summed E-state index contributed by atoms with van der Waals surface area (Å²) >= 11 is 0. The van der Waals surface area contributed by atoms with Gasteiger partial charge < -0.3 is 0 Å². The number of nitrogens with zero attached hydrogens (tertiary/aromatic N) is 2. The van der Waals surface area contributed by atoms with Crippen molar-refractivity contribution < 1.29 is 9.26 Å². The fraction of sp³-hybridized carbons (Fsp3) is 0.750. The highest BCUT2D eigenvalue weighted by molar-refractivity contribution is 4.79. The Morgan fingerprint density at radius 3 is 2.27 bits per heavy atom. The Bertz CT molecular complexity index is 205. The second kappa shape index (κ2) is 3.03. The summed E-state index contributed by atoms with van der Waals surface area (Å²) in [5.74, 6) is 1.17. The maximum Gasteiger partial charge on any atom is 0.355 e. The van der Waals surface area contributed by atoms with E-state index in [4.69, 9.17) is 4.52 Å². The van der Waals surface area contributed by atoms with Gasteiger partial charge >= 0.3 is 12.2 Å². The van der Waals surface area contributed by atoms with Crippen molar-refractivity contribution in [2.75, 3.05) is 0 Å². The molecule has 0 amide bonds. The van der Waals surface area contributed by atoms with Crippen molar-refractivity contribution in [2.24, 2.45) is 0 Å². The first-order valence-corrected chi connectivity index (χ1v) is 3.98. The zero-order valence-corrected chi connectivity index (χ0v) is 7.53. The van der Waals surface area contributed by atoms with Crippen molar-refractivity contribution >= 4 is 0 Å². The molecule has 0 atom stereocenters. The van der Waals surface area contributed by atoms with Gasteiger partial charge in [-0.1, -0.05) is 18.6 Å². The van der Waals surface area contributed by atoms with Gasteiger partial charge in [-0.05, 0) is 18.8 Å². The summed E-state index contributed by atoms with van der Waals surface area (Å²) < 4.78 is 7.17. The molecule has 1 heterocycles. The molecule has 1 aromatic rings. The van der Waals surface area contributed by atoms with Crippen molar-refractivity contribution in [1.29, 1.82) is 0 Å². The fourth-order valence-electron chi connectivity index (χ4n) is 0.762. The van der Waals surface area contributed by atoms with Crippen LogP contribution in [-0.2, 0) is 0 Å². The first kappa shape index (κ1) is 8.24. The third kappa shape index (κ3) is 1.79. The van der Waals surface area contributed by atoms with Crippen LogP contribution in [0.3, 0.4) is 0 Å². The minimum atomic E-state index is 0.356. The largest absolute Gasteiger partial charge is 0.355 e. The fourth-order valence-corrected chi connectivity index (χ4v) is 0.762. The van der Waals surface area contributed by atoms with E-state index in [2.05, 4.69) is 32.7 Å². The summed E-state index contributed by atoms with van der Waals surface area (Å²) in [6.07, 6.45) is 1.74. The molecule has 0 saturated carbocycles. The normalized spacial score (nSPS) is 11.5. The van der Waals surface area contributed by atoms with Gasteiger partial charge in [-0.15, -0.1) is 0 Å². The molecule has 3 nitrogen and oxygen atoms in total. The number of hydrogen-bond acceptors (Lipinski definition) is 2. The zero-order chi connectivity index (χ0) is 8.43. The van der Waals surface area contributed by atoms with Crippen molar-refractivity contribution in [1.82, 2.24) is 4.98 Å². The molecule has 0 aromatic carbocycles. The molecule has 0 aliphatic rings. The Morgan fingerprint density at radius 2 is 2.00 bits per heavy atom. The third-order valence-corrected chi connectivity index (χ3v) is 1.50. The molecule has 62 valence electrons. The minimum absolute atomic E-state index is 0.356. The van der Waals surface area contributed by atoms with E-state index < -0.39 is 0 Å². The lowest BCUT2D eigenvalue weighted by atomic mass is 10.2. The molecule has 1 aromatic heterocycles. The van der Waals surface area contributed by atoms with Crippen LogP contribution in [0.15, 0.2) is 10.9 Å². The van der Waals surface area contributed by atoms with Crippen molar-refractivity contribution in [3.63, 3.8) is 0 Å². The van der Waals surface area contributed by atoms with Crippen molar-refractivity contribution in [3.8, 4) is 0 Å². The lowest BCUT2D eigenvalue weighted by molar-refractivity contribution is -0.879. The maximum atomic E-state index is 5.41. The van der Waals surface area contributed by atoms with E-state index in [9.17, 15) is 0 Å². The maximum absolute atomic E-state index is 5.41. The summed E-state index contributed by atoms with van der Waals surface area (Å²) in [6.45, 7) is 8.26. The zero-order valence-electron chi connectivity index (χ0n) is 7.53. The Morgan fingerprint density at radius 1 is 1.36 bits per heavy atom. The molecule has 0 N–H and O–H groups in total. The molecule has 1 rings (SSSR count). The number of rotatable bonds is 2. The van der Waals surface area contributed by atoms with E-state index in [-0.39, 0.29) is 0 Å². The number of hydrogen-bond donors (Lipinski definition) is 0. The van der Waals surface area contributed by atoms with Gasteiger partial charge in [-0.3, -0.25) is 4.52 Å². The Kier molecular flexibility index (Phi) is 2.27. The van der Waals surface area contributed by atoms with Gasteiger partial charge in [0.2, 0.25) is 0 Å². The lowest BCUT2D eigenvalue weighted by Gasteiger charge is -1.94. The van der Waals surface area contributed by atoms with E-state index in [0.717, 1.165) is 5.89 Å². The minimum Gasteiger partial charge on any atom is -0.258 e. The first-order chi connectivity index (χ1) is 5.11. The van der Waals surface area contributed by atoms with E-state index in [0.29, 0.717) is 12.0 Å². The van der Waals surface area contributed by atoms with Gasteiger partial charge in [0, 0.05) is 0 Å². The molecule has 0 aliphatic carbocycles. The van der Waals surface area contributed by atoms with E-state index in [1.54, 1.807) is 11.1 Å². The summed E-state index contributed by atoms with van der Waals surface area (Å²) in [4.78, 5) is 4.13. The average Bonchev–Trinajstić information content (AvgIpc) is 2.33. The van der Waals surface area contributed by atoms with Crippen LogP contribution < -0.4 is 4.74 Å². The van der Waals surface area contributed by atoms with Crippen molar-refractivity contribution in [2.45, 2.75) is 39.7 Å². The quantitative estimate of drug-likeness (QED) is 0.608. The first-order valence-electron chi connectivity index (χ1n) is 3.98. The van der Waals surface area contributed by atoms with Crippen LogP contribution in [-0.4, -0.2) is 4.98 Å². The Hall–Kier alpha value is -0.860. The second-order valence-corrected chi connectivity index (χ2v) is 3.28. The van der Waals surface area contributed by atoms with Gasteiger partial charge in [0.25, 0.3) is 0 Å². The molecule has 0 radical (unpaired) electrons. The third-order valence-electron chi connectivity index (χ3n) is 1.50. The topological polar surface area (TPSA) is 29.9 Å². The van der Waals surface area contributed by atoms with E-state index in [1.807, 2.05) is 0 Å². The molecule has 0 fully saturated rings. The molecule has 11 heavy (non-hydrogen) atoms. The van der Waals surface area contributed by atoms with Crippen LogP contribution in [0.4, 0.5) is 0 Å². The van der Waals surface area contributed by atoms with Crippen LogP contribution in [0.25, 0.3) is 0 Å². The molecule has 3 heteroatoms. The number of aromatic nitrogens is 2. The van der Waals surface area contributed by atoms with E-state index >= 15 is 0 Å². The van der Waals surface area contributed by atoms with Gasteiger partial charge in [0.05, 0.1) is 5.92 Å². The molecule has 0 bridgehead atoms. The van der Waals surface area contributed by atoms with Gasteiger partial charge in [-0.2, -0.15) is 0 Å². The predicted molar refractivity (Wildman–Crippen MR) is 41.2 cm³/mol. The van der Waals surface area contributed by atoms with E-state index in [1.165, 1.54) is 0 Å². The van der Waals surface area contributed by atoms with Crippen LogP contribution >= 0.6 is 0 Å². The highest BCUT2D eigenvalue weighted by atomic mass is 16.5. The van der Waals surface area contributed by atoms with Gasteiger partial charge in [-0.25, -0.2) is 0 Å². The Labute approximate surface area is 67.0 Å². The summed E-state index contributed by atoms with van der Waals surface area (Å²) in [5.41, 5.74) is 0. The van der Waals surface area contributed by atoms with Crippen LogP contribution in [0.5, 0.6) is 0 Å². The lowest BCUT2D eigenvalue weighted by Crippen LogP contribution is -2.32. The summed E-state index contributed by atoms with van der Waals surface area (Å²) in [5, 5.41) is 0. The van der Waals surface area contributed by atoms with Gasteiger partial charge in [0.15, 0.2) is 0 Å². The predicted octanol–water partition coefficient (Wildman–Crippen LogP) is 1.67. The van der Waals surface area contributed by atoms with Crippen LogP contribution in [0, 0.1) is 0 Å². The van der Waals surface area contributed by atoms with Crippen LogP contribution in [0.1, 0.15) is 45.5 Å². The monoisotopic (exact) mass is 155 g/mol. The summed E-state index contributed by atoms with van der Waals surface area (Å²) in [7, 11) is 0. The Balaban J connectivity index is 2.82. The van der Waals surface area contributed by atoms with Gasteiger partial charge in [0.1, 0.15) is 6.04 Å². The summed E-state index contributed by atoms with van der Waals surface area (Å²) in [6, 6.07) is 0.356. The van der Waals surface area contributed by atoms with Crippen molar-refractivity contribution in [3.05, 3.63) is 12.2 Å². The molecular formula is C8H15N2O+.